The number of ether oxygens (including phenoxy) is 3. The van der Waals surface area contributed by atoms with Crippen LogP contribution in [0.25, 0.3) is 21.9 Å². The fraction of sp³-hybridized carbons (Fsp3) is 0.150. The molecule has 0 spiro atoms. The fourth-order valence-corrected chi connectivity index (χ4v) is 3.00. The lowest BCUT2D eigenvalue weighted by atomic mass is 10.2. The number of fused-ring (bicyclic) bond motifs is 3. The molecule has 0 unspecified atom stereocenters. The highest BCUT2D eigenvalue weighted by molar-refractivity contribution is 6.04. The smallest absolute Gasteiger partial charge is 0.298 e. The van der Waals surface area contributed by atoms with Crippen molar-refractivity contribution in [2.24, 2.45) is 5.10 Å². The molecule has 0 aliphatic rings. The van der Waals surface area contributed by atoms with Crippen LogP contribution in [0.3, 0.4) is 0 Å². The zero-order chi connectivity index (χ0) is 19.7. The van der Waals surface area contributed by atoms with E-state index in [1.54, 1.807) is 39.7 Å². The maximum absolute atomic E-state index is 12.8. The van der Waals surface area contributed by atoms with E-state index in [1.807, 2.05) is 24.3 Å². The summed E-state index contributed by atoms with van der Waals surface area (Å²) in [6.07, 6.45) is 2.96. The van der Waals surface area contributed by atoms with Gasteiger partial charge in [-0.1, -0.05) is 0 Å². The van der Waals surface area contributed by atoms with Crippen LogP contribution in [0, 0.1) is 0 Å². The van der Waals surface area contributed by atoms with Gasteiger partial charge in [0.05, 0.1) is 27.5 Å². The van der Waals surface area contributed by atoms with Gasteiger partial charge >= 0.3 is 0 Å². The number of benzene rings is 2. The summed E-state index contributed by atoms with van der Waals surface area (Å²) in [4.78, 5) is 20.3. The number of nitrogens with one attached hydrogen (secondary N) is 1. The number of hydrogen-bond donors (Lipinski definition) is 1. The molecule has 4 aromatic rings. The molecule has 2 aromatic heterocycles. The Morgan fingerprint density at radius 2 is 1.86 bits per heavy atom. The number of hydrogen-bond acceptors (Lipinski definition) is 6. The van der Waals surface area contributed by atoms with Crippen LogP contribution in [0.4, 0.5) is 0 Å². The maximum atomic E-state index is 12.8. The van der Waals surface area contributed by atoms with Gasteiger partial charge in [0.15, 0.2) is 11.5 Å². The number of H-pyrrole nitrogens is 1. The number of aromatic nitrogens is 3. The van der Waals surface area contributed by atoms with Gasteiger partial charge in [-0.05, 0) is 42.0 Å². The van der Waals surface area contributed by atoms with Crippen molar-refractivity contribution in [1.82, 2.24) is 14.6 Å². The van der Waals surface area contributed by atoms with Gasteiger partial charge in [-0.2, -0.15) is 9.78 Å². The molecule has 8 heteroatoms. The normalized spacial score (nSPS) is 11.4. The molecule has 2 heterocycles. The highest BCUT2D eigenvalue weighted by atomic mass is 16.5. The van der Waals surface area contributed by atoms with E-state index in [1.165, 1.54) is 11.0 Å². The fourth-order valence-electron chi connectivity index (χ4n) is 3.00. The first-order chi connectivity index (χ1) is 13.6. The molecule has 0 saturated heterocycles. The third-order valence-electron chi connectivity index (χ3n) is 4.44. The summed E-state index contributed by atoms with van der Waals surface area (Å²) >= 11 is 0. The third kappa shape index (κ3) is 2.94. The highest BCUT2D eigenvalue weighted by Crippen LogP contribution is 2.27. The van der Waals surface area contributed by atoms with Crippen LogP contribution in [-0.2, 0) is 0 Å². The van der Waals surface area contributed by atoms with E-state index in [-0.39, 0.29) is 5.56 Å². The van der Waals surface area contributed by atoms with Gasteiger partial charge in [-0.15, -0.1) is 0 Å². The average molecular weight is 378 g/mol. The summed E-state index contributed by atoms with van der Waals surface area (Å²) in [6, 6.07) is 10.9. The first-order valence-corrected chi connectivity index (χ1v) is 8.48. The molecule has 28 heavy (non-hydrogen) atoms. The third-order valence-corrected chi connectivity index (χ3v) is 4.44. The Balaban J connectivity index is 1.75. The summed E-state index contributed by atoms with van der Waals surface area (Å²) in [6.45, 7) is 0. The molecule has 0 fully saturated rings. The minimum atomic E-state index is -0.295. The Morgan fingerprint density at radius 1 is 1.04 bits per heavy atom. The lowest BCUT2D eigenvalue weighted by Gasteiger charge is -2.07. The maximum Gasteiger partial charge on any atom is 0.298 e. The zero-order valence-corrected chi connectivity index (χ0v) is 15.6. The average Bonchev–Trinajstić information content (AvgIpc) is 3.11. The predicted octanol–water partition coefficient (Wildman–Crippen LogP) is 2.79. The molecule has 0 radical (unpaired) electrons. The Kier molecular flexibility index (Phi) is 4.44. The van der Waals surface area contributed by atoms with E-state index < -0.39 is 0 Å². The molecule has 0 saturated carbocycles. The number of methoxy groups -OCH3 is 3. The van der Waals surface area contributed by atoms with Crippen molar-refractivity contribution >= 4 is 28.2 Å². The topological polar surface area (TPSA) is 90.7 Å². The van der Waals surface area contributed by atoms with Crippen molar-refractivity contribution in [3.05, 3.63) is 58.6 Å². The standard InChI is InChI=1S/C20H18N4O4/c1-26-13-5-6-15-14(9-13)18-19(23-15)20(25)24(11-21-18)22-10-12-4-7-16(27-2)17(8-12)28-3/h4-11,23H,1-3H3/b22-10+. The van der Waals surface area contributed by atoms with Crippen LogP contribution < -0.4 is 19.8 Å². The first kappa shape index (κ1) is 17.6. The van der Waals surface area contributed by atoms with E-state index in [0.717, 1.165) is 16.5 Å². The van der Waals surface area contributed by atoms with Crippen molar-refractivity contribution < 1.29 is 14.2 Å². The van der Waals surface area contributed by atoms with Crippen LogP contribution in [0.1, 0.15) is 5.56 Å². The second-order valence-corrected chi connectivity index (χ2v) is 6.01. The van der Waals surface area contributed by atoms with Gasteiger partial charge in [0, 0.05) is 10.9 Å². The zero-order valence-electron chi connectivity index (χ0n) is 15.6. The van der Waals surface area contributed by atoms with Crippen molar-refractivity contribution in [3.8, 4) is 17.2 Å². The van der Waals surface area contributed by atoms with E-state index in [0.29, 0.717) is 28.3 Å². The Labute approximate surface area is 160 Å². The van der Waals surface area contributed by atoms with Crippen molar-refractivity contribution in [1.29, 1.82) is 0 Å². The van der Waals surface area contributed by atoms with Crippen molar-refractivity contribution in [2.75, 3.05) is 21.3 Å². The number of nitrogens with zero attached hydrogens (tertiary/aromatic N) is 3. The van der Waals surface area contributed by atoms with Crippen LogP contribution >= 0.6 is 0 Å². The summed E-state index contributed by atoms with van der Waals surface area (Å²) in [7, 11) is 4.73. The second kappa shape index (κ2) is 7.07. The molecule has 2 aromatic carbocycles. The monoisotopic (exact) mass is 378 g/mol. The first-order valence-electron chi connectivity index (χ1n) is 8.48. The minimum absolute atomic E-state index is 0.295. The molecule has 0 aliphatic heterocycles. The van der Waals surface area contributed by atoms with Gasteiger partial charge in [-0.3, -0.25) is 4.79 Å². The molecule has 4 rings (SSSR count). The molecule has 142 valence electrons. The van der Waals surface area contributed by atoms with E-state index >= 15 is 0 Å². The molecule has 0 bridgehead atoms. The van der Waals surface area contributed by atoms with E-state index in [9.17, 15) is 4.79 Å². The Morgan fingerprint density at radius 3 is 2.61 bits per heavy atom. The lowest BCUT2D eigenvalue weighted by molar-refractivity contribution is 0.355. The van der Waals surface area contributed by atoms with Crippen LogP contribution in [0.5, 0.6) is 17.2 Å². The quantitative estimate of drug-likeness (QED) is 0.539. The number of aromatic amines is 1. The van der Waals surface area contributed by atoms with Crippen LogP contribution in [-0.4, -0.2) is 42.2 Å². The predicted molar refractivity (Wildman–Crippen MR) is 107 cm³/mol. The second-order valence-electron chi connectivity index (χ2n) is 6.01. The minimum Gasteiger partial charge on any atom is -0.497 e. The van der Waals surface area contributed by atoms with E-state index in [4.69, 9.17) is 14.2 Å². The molecule has 0 aliphatic carbocycles. The molecule has 1 N–H and O–H groups in total. The van der Waals surface area contributed by atoms with Crippen LogP contribution in [0.15, 0.2) is 52.6 Å². The van der Waals surface area contributed by atoms with Crippen LogP contribution in [0.2, 0.25) is 0 Å². The largest absolute Gasteiger partial charge is 0.497 e. The van der Waals surface area contributed by atoms with Gasteiger partial charge in [0.1, 0.15) is 23.1 Å². The summed E-state index contributed by atoms with van der Waals surface area (Å²) < 4.78 is 16.9. The Bertz CT molecular complexity index is 1260. The van der Waals surface area contributed by atoms with Crippen molar-refractivity contribution in [3.63, 3.8) is 0 Å². The summed E-state index contributed by atoms with van der Waals surface area (Å²) in [5.41, 5.74) is 2.23. The van der Waals surface area contributed by atoms with Gasteiger partial charge in [0.25, 0.3) is 5.56 Å². The SMILES string of the molecule is COc1ccc2[nH]c3c(=O)n(/N=C/c4ccc(OC)c(OC)c4)cnc3c2c1. The van der Waals surface area contributed by atoms with E-state index in [2.05, 4.69) is 15.1 Å². The summed E-state index contributed by atoms with van der Waals surface area (Å²) in [5, 5.41) is 5.06. The van der Waals surface area contributed by atoms with Crippen molar-refractivity contribution in [2.45, 2.75) is 0 Å². The van der Waals surface area contributed by atoms with Gasteiger partial charge in [-0.25, -0.2) is 4.98 Å². The lowest BCUT2D eigenvalue weighted by Crippen LogP contribution is -2.17. The highest BCUT2D eigenvalue weighted by Gasteiger charge is 2.11. The molecule has 8 nitrogen and oxygen atoms in total. The molecular formula is C20H18N4O4. The Hall–Kier alpha value is -3.81. The van der Waals surface area contributed by atoms with Gasteiger partial charge < -0.3 is 19.2 Å². The molecular weight excluding hydrogens is 360 g/mol. The summed E-state index contributed by atoms with van der Waals surface area (Å²) in [5.74, 6) is 1.90. The molecule has 0 amide bonds. The number of rotatable bonds is 5. The molecule has 0 atom stereocenters. The van der Waals surface area contributed by atoms with Gasteiger partial charge in [0.2, 0.25) is 0 Å².